The van der Waals surface area contributed by atoms with Crippen molar-refractivity contribution in [3.63, 3.8) is 0 Å². The largest absolute Gasteiger partial charge is 0.463 e. The lowest BCUT2D eigenvalue weighted by molar-refractivity contribution is 0.0563. The second-order valence-corrected chi connectivity index (χ2v) is 6.44. The molecule has 1 aliphatic heterocycles. The third kappa shape index (κ3) is 3.76. The van der Waals surface area contributed by atoms with Crippen molar-refractivity contribution in [2.75, 3.05) is 33.3 Å². The number of ether oxygens (including phenoxy) is 1. The molecule has 0 aliphatic carbocycles. The molecule has 1 N–H and O–H groups in total. The third-order valence-electron chi connectivity index (χ3n) is 3.18. The fourth-order valence-electron chi connectivity index (χ4n) is 2.12. The van der Waals surface area contributed by atoms with E-state index in [2.05, 4.69) is 10.1 Å². The maximum atomic E-state index is 12.6. The second-order valence-electron chi connectivity index (χ2n) is 4.53. The van der Waals surface area contributed by atoms with Crippen molar-refractivity contribution in [3.8, 4) is 0 Å². The first-order valence-electron chi connectivity index (χ1n) is 6.36. The molecule has 0 bridgehead atoms. The first kappa shape index (κ1) is 18.0. The summed E-state index contributed by atoms with van der Waals surface area (Å²) in [5.41, 5.74) is 0. The van der Waals surface area contributed by atoms with Crippen LogP contribution in [0.2, 0.25) is 0 Å². The van der Waals surface area contributed by atoms with Gasteiger partial charge in [0.2, 0.25) is 15.8 Å². The molecule has 7 nitrogen and oxygen atoms in total. The number of hydrogen-bond donors (Lipinski definition) is 1. The van der Waals surface area contributed by atoms with Gasteiger partial charge < -0.3 is 14.5 Å². The Kier molecular flexibility index (Phi) is 6.21. The van der Waals surface area contributed by atoms with Crippen LogP contribution in [-0.2, 0) is 14.8 Å². The van der Waals surface area contributed by atoms with E-state index >= 15 is 0 Å². The van der Waals surface area contributed by atoms with E-state index in [0.717, 1.165) is 13.0 Å². The van der Waals surface area contributed by atoms with Gasteiger partial charge in [0.25, 0.3) is 0 Å². The lowest BCUT2D eigenvalue weighted by atomic mass is 10.4. The molecule has 1 aromatic rings. The lowest BCUT2D eigenvalue weighted by Gasteiger charge is -2.18. The fraction of sp³-hybridized carbons (Fsp3) is 0.583. The van der Waals surface area contributed by atoms with E-state index in [9.17, 15) is 13.2 Å². The molecule has 1 fully saturated rings. The predicted octanol–water partition coefficient (Wildman–Crippen LogP) is 0.780. The van der Waals surface area contributed by atoms with Crippen molar-refractivity contribution >= 4 is 28.4 Å². The van der Waals surface area contributed by atoms with E-state index in [1.807, 2.05) is 0 Å². The summed E-state index contributed by atoms with van der Waals surface area (Å²) in [6.07, 6.45) is 0.750. The number of furan rings is 1. The molecule has 1 saturated heterocycles. The number of esters is 1. The number of rotatable bonds is 3. The van der Waals surface area contributed by atoms with Gasteiger partial charge in [0, 0.05) is 25.7 Å². The highest BCUT2D eigenvalue weighted by molar-refractivity contribution is 7.89. The predicted molar refractivity (Wildman–Crippen MR) is 78.3 cm³/mol. The summed E-state index contributed by atoms with van der Waals surface area (Å²) in [6.45, 7) is 3.78. The molecular formula is C12H19ClN2O5S. The monoisotopic (exact) mass is 338 g/mol. The number of methoxy groups -OCH3 is 1. The van der Waals surface area contributed by atoms with E-state index in [-0.39, 0.29) is 28.8 Å². The molecule has 2 heterocycles. The summed E-state index contributed by atoms with van der Waals surface area (Å²) in [5, 5.41) is 3.14. The van der Waals surface area contributed by atoms with E-state index in [0.29, 0.717) is 19.6 Å². The van der Waals surface area contributed by atoms with Crippen LogP contribution in [0.3, 0.4) is 0 Å². The number of aryl methyl sites for hydroxylation is 1. The Morgan fingerprint density at radius 3 is 2.76 bits per heavy atom. The molecule has 0 aromatic carbocycles. The average molecular weight is 339 g/mol. The number of nitrogens with one attached hydrogen (secondary N) is 1. The summed E-state index contributed by atoms with van der Waals surface area (Å²) < 4.78 is 36.3. The Morgan fingerprint density at radius 1 is 1.38 bits per heavy atom. The van der Waals surface area contributed by atoms with Gasteiger partial charge in [-0.25, -0.2) is 13.2 Å². The minimum absolute atomic E-state index is 0. The molecule has 0 spiro atoms. The van der Waals surface area contributed by atoms with Crippen LogP contribution in [-0.4, -0.2) is 52.0 Å². The molecule has 0 atom stereocenters. The molecule has 2 rings (SSSR count). The van der Waals surface area contributed by atoms with Gasteiger partial charge in [-0.1, -0.05) is 0 Å². The maximum Gasteiger partial charge on any atom is 0.373 e. The van der Waals surface area contributed by atoms with Crippen molar-refractivity contribution in [1.82, 2.24) is 9.62 Å². The Balaban J connectivity index is 0.00000220. The molecule has 21 heavy (non-hydrogen) atoms. The molecule has 0 radical (unpaired) electrons. The number of carbonyl (C=O) groups is 1. The van der Waals surface area contributed by atoms with E-state index in [1.54, 1.807) is 0 Å². The van der Waals surface area contributed by atoms with Gasteiger partial charge in [0.1, 0.15) is 10.7 Å². The van der Waals surface area contributed by atoms with Gasteiger partial charge in [-0.2, -0.15) is 4.31 Å². The topological polar surface area (TPSA) is 88.9 Å². The number of hydrogen-bond acceptors (Lipinski definition) is 6. The van der Waals surface area contributed by atoms with E-state index in [1.165, 1.54) is 24.4 Å². The van der Waals surface area contributed by atoms with Gasteiger partial charge in [0.15, 0.2) is 0 Å². The minimum atomic E-state index is -3.65. The highest BCUT2D eigenvalue weighted by Crippen LogP contribution is 2.24. The average Bonchev–Trinajstić information content (AvgIpc) is 2.66. The van der Waals surface area contributed by atoms with Crippen LogP contribution in [0, 0.1) is 6.92 Å². The van der Waals surface area contributed by atoms with Crippen molar-refractivity contribution in [1.29, 1.82) is 0 Å². The summed E-state index contributed by atoms with van der Waals surface area (Å²) in [6, 6.07) is 1.23. The second kappa shape index (κ2) is 7.26. The Labute approximate surface area is 130 Å². The van der Waals surface area contributed by atoms with Crippen molar-refractivity contribution < 1.29 is 22.4 Å². The SMILES string of the molecule is COC(=O)c1cc(S(=O)(=O)N2CCCNCC2)c(C)o1.Cl. The van der Waals surface area contributed by atoms with E-state index < -0.39 is 16.0 Å². The van der Waals surface area contributed by atoms with Crippen LogP contribution in [0.1, 0.15) is 22.7 Å². The number of nitrogens with zero attached hydrogens (tertiary/aromatic N) is 1. The van der Waals surface area contributed by atoms with Crippen LogP contribution in [0.25, 0.3) is 0 Å². The van der Waals surface area contributed by atoms with Crippen LogP contribution >= 0.6 is 12.4 Å². The molecule has 1 aliphatic rings. The lowest BCUT2D eigenvalue weighted by Crippen LogP contribution is -2.34. The molecular weight excluding hydrogens is 320 g/mol. The molecule has 1 aromatic heterocycles. The Hall–Kier alpha value is -1.09. The van der Waals surface area contributed by atoms with E-state index in [4.69, 9.17) is 4.42 Å². The summed E-state index contributed by atoms with van der Waals surface area (Å²) in [7, 11) is -2.43. The standard InChI is InChI=1S/C12H18N2O5S.ClH/c1-9-11(8-10(19-9)12(15)18-2)20(16,17)14-6-3-4-13-5-7-14;/h8,13H,3-7H2,1-2H3;1H. The highest BCUT2D eigenvalue weighted by Gasteiger charge is 2.30. The van der Waals surface area contributed by atoms with Crippen molar-refractivity contribution in [3.05, 3.63) is 17.6 Å². The Bertz CT molecular complexity index is 591. The smallest absolute Gasteiger partial charge is 0.373 e. The van der Waals surface area contributed by atoms with Crippen LogP contribution in [0.15, 0.2) is 15.4 Å². The van der Waals surface area contributed by atoms with Crippen molar-refractivity contribution in [2.24, 2.45) is 0 Å². The highest BCUT2D eigenvalue weighted by atomic mass is 35.5. The zero-order chi connectivity index (χ0) is 14.8. The third-order valence-corrected chi connectivity index (χ3v) is 5.18. The minimum Gasteiger partial charge on any atom is -0.463 e. The summed E-state index contributed by atoms with van der Waals surface area (Å²) in [5.74, 6) is -0.591. The number of sulfonamides is 1. The maximum absolute atomic E-state index is 12.6. The van der Waals surface area contributed by atoms with Gasteiger partial charge >= 0.3 is 5.97 Å². The van der Waals surface area contributed by atoms with Crippen LogP contribution in [0.4, 0.5) is 0 Å². The molecule has 9 heteroatoms. The molecule has 0 saturated carbocycles. The number of carbonyl (C=O) groups excluding carboxylic acids is 1. The van der Waals surface area contributed by atoms with Gasteiger partial charge in [-0.05, 0) is 19.9 Å². The van der Waals surface area contributed by atoms with Gasteiger partial charge in [-0.3, -0.25) is 0 Å². The zero-order valence-corrected chi connectivity index (χ0v) is 13.6. The first-order chi connectivity index (χ1) is 9.46. The zero-order valence-electron chi connectivity index (χ0n) is 11.9. The normalized spacial score (nSPS) is 16.9. The van der Waals surface area contributed by atoms with Gasteiger partial charge in [-0.15, -0.1) is 12.4 Å². The molecule has 0 amide bonds. The first-order valence-corrected chi connectivity index (χ1v) is 7.80. The van der Waals surface area contributed by atoms with Crippen LogP contribution in [0.5, 0.6) is 0 Å². The molecule has 120 valence electrons. The quantitative estimate of drug-likeness (QED) is 0.819. The fourth-order valence-corrected chi connectivity index (χ4v) is 3.76. The van der Waals surface area contributed by atoms with Crippen molar-refractivity contribution in [2.45, 2.75) is 18.2 Å². The summed E-state index contributed by atoms with van der Waals surface area (Å²) >= 11 is 0. The Morgan fingerprint density at radius 2 is 2.10 bits per heavy atom. The number of halogens is 1. The molecule has 0 unspecified atom stereocenters. The van der Waals surface area contributed by atoms with Crippen LogP contribution < -0.4 is 5.32 Å². The summed E-state index contributed by atoms with van der Waals surface area (Å²) in [4.78, 5) is 11.4. The van der Waals surface area contributed by atoms with Gasteiger partial charge in [0.05, 0.1) is 7.11 Å².